The van der Waals surface area contributed by atoms with Crippen LogP contribution in [-0.4, -0.2) is 47.4 Å². The molecule has 0 saturated heterocycles. The third-order valence-electron chi connectivity index (χ3n) is 6.53. The van der Waals surface area contributed by atoms with E-state index in [0.717, 1.165) is 25.7 Å². The standard InChI is InChI=1S/C26H36N2O6/c29-21-27-19-13-7-3-1-5-9-15-25(23(31)32)17-11-12-18-26(25,24(33)34)16-10-6-2-4-8-14-20-28-22-30/h1-4,11-12H,5-10,13-20H2,(H,31,32)(H,33,34)/b3-1+,4-2+. The average Bonchev–Trinajstić information content (AvgIpc) is 2.82. The number of hydrogen-bond donors (Lipinski definition) is 2. The van der Waals surface area contributed by atoms with E-state index in [1.165, 1.54) is 12.2 Å². The third-order valence-corrected chi connectivity index (χ3v) is 6.53. The molecule has 0 aromatic carbocycles. The lowest BCUT2D eigenvalue weighted by atomic mass is 9.54. The summed E-state index contributed by atoms with van der Waals surface area (Å²) in [6.45, 7) is 0.876. The molecule has 0 spiro atoms. The van der Waals surface area contributed by atoms with Gasteiger partial charge in [0.2, 0.25) is 12.2 Å². The van der Waals surface area contributed by atoms with Gasteiger partial charge in [0.1, 0.15) is 0 Å². The second-order valence-electron chi connectivity index (χ2n) is 8.61. The zero-order chi connectivity index (χ0) is 25.1. The minimum absolute atomic E-state index is 0.217. The number of carboxylic acid groups (broad SMARTS) is 2. The fourth-order valence-electron chi connectivity index (χ4n) is 4.62. The Morgan fingerprint density at radius 1 is 0.706 bits per heavy atom. The highest BCUT2D eigenvalue weighted by Crippen LogP contribution is 2.55. The van der Waals surface area contributed by atoms with Crippen LogP contribution < -0.4 is 0 Å². The summed E-state index contributed by atoms with van der Waals surface area (Å²) in [4.78, 5) is 52.1. The summed E-state index contributed by atoms with van der Waals surface area (Å²) in [5, 5.41) is 20.5. The number of isocyanates is 2. The molecule has 0 aromatic rings. The molecule has 0 aliphatic heterocycles. The number of aliphatic imine (C=N–C) groups is 2. The highest BCUT2D eigenvalue weighted by atomic mass is 16.4. The number of nitrogens with zero attached hydrogens (tertiary/aromatic N) is 2. The van der Waals surface area contributed by atoms with Crippen LogP contribution in [0.15, 0.2) is 46.4 Å². The van der Waals surface area contributed by atoms with E-state index >= 15 is 0 Å². The minimum atomic E-state index is -1.34. The Hall–Kier alpha value is -3.08. The number of aliphatic carboxylic acids is 2. The third kappa shape index (κ3) is 8.69. The van der Waals surface area contributed by atoms with Crippen molar-refractivity contribution in [1.29, 1.82) is 0 Å². The lowest BCUT2D eigenvalue weighted by Crippen LogP contribution is -2.53. The van der Waals surface area contributed by atoms with Crippen molar-refractivity contribution in [1.82, 2.24) is 0 Å². The number of allylic oxidation sites excluding steroid dienone is 6. The first-order chi connectivity index (χ1) is 16.5. The maximum atomic E-state index is 12.5. The molecule has 8 nitrogen and oxygen atoms in total. The van der Waals surface area contributed by atoms with E-state index in [9.17, 15) is 29.4 Å². The molecule has 0 bridgehead atoms. The van der Waals surface area contributed by atoms with E-state index in [1.807, 2.05) is 24.3 Å². The van der Waals surface area contributed by atoms with Crippen molar-refractivity contribution in [2.75, 3.05) is 13.1 Å². The molecule has 1 aliphatic rings. The Kier molecular flexibility index (Phi) is 14.1. The molecule has 0 saturated carbocycles. The van der Waals surface area contributed by atoms with E-state index in [-0.39, 0.29) is 12.8 Å². The summed E-state index contributed by atoms with van der Waals surface area (Å²) in [7, 11) is 0. The van der Waals surface area contributed by atoms with E-state index in [1.54, 1.807) is 12.2 Å². The Labute approximate surface area is 201 Å². The Morgan fingerprint density at radius 2 is 1.06 bits per heavy atom. The van der Waals surface area contributed by atoms with Gasteiger partial charge in [0.05, 0.1) is 23.9 Å². The molecule has 0 fully saturated rings. The van der Waals surface area contributed by atoms with Crippen molar-refractivity contribution < 1.29 is 29.4 Å². The molecule has 0 radical (unpaired) electrons. The zero-order valence-corrected chi connectivity index (χ0v) is 19.8. The monoisotopic (exact) mass is 472 g/mol. The van der Waals surface area contributed by atoms with Gasteiger partial charge in [-0.25, -0.2) is 19.6 Å². The van der Waals surface area contributed by atoms with Crippen molar-refractivity contribution in [3.05, 3.63) is 36.5 Å². The second kappa shape index (κ2) is 16.5. The lowest BCUT2D eigenvalue weighted by molar-refractivity contribution is -0.177. The maximum Gasteiger partial charge on any atom is 0.311 e. The summed E-state index contributed by atoms with van der Waals surface area (Å²) in [5.74, 6) is -2.08. The van der Waals surface area contributed by atoms with Crippen LogP contribution in [0.2, 0.25) is 0 Å². The quantitative estimate of drug-likeness (QED) is 0.122. The van der Waals surface area contributed by atoms with Crippen LogP contribution in [0, 0.1) is 10.8 Å². The largest absolute Gasteiger partial charge is 0.481 e. The summed E-state index contributed by atoms with van der Waals surface area (Å²) in [5.41, 5.74) is -2.67. The molecule has 2 N–H and O–H groups in total. The van der Waals surface area contributed by atoms with Crippen molar-refractivity contribution in [2.45, 2.75) is 77.0 Å². The van der Waals surface area contributed by atoms with Gasteiger partial charge < -0.3 is 10.2 Å². The van der Waals surface area contributed by atoms with Gasteiger partial charge in [0.15, 0.2) is 0 Å². The summed E-state index contributed by atoms with van der Waals surface area (Å²) in [6, 6.07) is 0. The Bertz CT molecular complexity index is 768. The first-order valence-corrected chi connectivity index (χ1v) is 12.0. The number of carbonyl (C=O) groups is 2. The van der Waals surface area contributed by atoms with Gasteiger partial charge in [0, 0.05) is 0 Å². The molecular weight excluding hydrogens is 436 g/mol. The van der Waals surface area contributed by atoms with Crippen LogP contribution in [0.4, 0.5) is 0 Å². The topological polar surface area (TPSA) is 133 Å². The highest BCUT2D eigenvalue weighted by Gasteiger charge is 2.60. The smallest absolute Gasteiger partial charge is 0.311 e. The van der Waals surface area contributed by atoms with Crippen LogP contribution >= 0.6 is 0 Å². The number of carboxylic acids is 2. The summed E-state index contributed by atoms with van der Waals surface area (Å²) < 4.78 is 0. The van der Waals surface area contributed by atoms with E-state index < -0.39 is 22.8 Å². The van der Waals surface area contributed by atoms with E-state index in [2.05, 4.69) is 9.98 Å². The summed E-state index contributed by atoms with van der Waals surface area (Å²) >= 11 is 0. The van der Waals surface area contributed by atoms with Crippen LogP contribution in [0.25, 0.3) is 0 Å². The molecule has 186 valence electrons. The SMILES string of the molecule is O=C=NCCC/C=C/CCCC1(C(=O)O)CC=CCC1(CCC/C=C/CCCN=C=O)C(=O)O. The van der Waals surface area contributed by atoms with E-state index in [4.69, 9.17) is 0 Å². The summed E-state index contributed by atoms with van der Waals surface area (Å²) in [6.07, 6.45) is 21.1. The molecule has 0 amide bonds. The molecule has 1 aliphatic carbocycles. The van der Waals surface area contributed by atoms with Crippen molar-refractivity contribution >= 4 is 24.1 Å². The Morgan fingerprint density at radius 3 is 1.38 bits per heavy atom. The van der Waals surface area contributed by atoms with Crippen molar-refractivity contribution in [3.8, 4) is 0 Å². The minimum Gasteiger partial charge on any atom is -0.481 e. The average molecular weight is 473 g/mol. The van der Waals surface area contributed by atoms with Crippen LogP contribution in [-0.2, 0) is 19.2 Å². The van der Waals surface area contributed by atoms with Gasteiger partial charge in [-0.05, 0) is 77.0 Å². The number of hydrogen-bond acceptors (Lipinski definition) is 6. The predicted octanol–water partition coefficient (Wildman–Crippen LogP) is 5.16. The van der Waals surface area contributed by atoms with Crippen LogP contribution in [0.1, 0.15) is 77.0 Å². The van der Waals surface area contributed by atoms with Gasteiger partial charge in [-0.15, -0.1) is 0 Å². The molecule has 8 heteroatoms. The first-order valence-electron chi connectivity index (χ1n) is 12.0. The zero-order valence-electron chi connectivity index (χ0n) is 19.8. The molecule has 2 unspecified atom stereocenters. The molecule has 1 rings (SSSR count). The molecular formula is C26H36N2O6. The van der Waals surface area contributed by atoms with Gasteiger partial charge >= 0.3 is 11.9 Å². The molecule has 2 atom stereocenters. The van der Waals surface area contributed by atoms with E-state index in [0.29, 0.717) is 51.6 Å². The maximum absolute atomic E-state index is 12.5. The fourth-order valence-corrected chi connectivity index (χ4v) is 4.62. The lowest BCUT2D eigenvalue weighted by Gasteiger charge is -2.46. The van der Waals surface area contributed by atoms with Crippen LogP contribution in [0.5, 0.6) is 0 Å². The van der Waals surface area contributed by atoms with Crippen LogP contribution in [0.3, 0.4) is 0 Å². The van der Waals surface area contributed by atoms with Crippen molar-refractivity contribution in [3.63, 3.8) is 0 Å². The Balaban J connectivity index is 2.76. The number of rotatable bonds is 18. The first kappa shape index (κ1) is 29.0. The van der Waals surface area contributed by atoms with Gasteiger partial charge in [-0.2, -0.15) is 0 Å². The van der Waals surface area contributed by atoms with Gasteiger partial charge in [0.25, 0.3) is 0 Å². The second-order valence-corrected chi connectivity index (χ2v) is 8.61. The number of carbonyl (C=O) groups excluding carboxylic acids is 2. The molecule has 0 aromatic heterocycles. The normalized spacial score (nSPS) is 21.9. The van der Waals surface area contributed by atoms with Gasteiger partial charge in [-0.3, -0.25) is 9.59 Å². The fraction of sp³-hybridized carbons (Fsp3) is 0.615. The highest BCUT2D eigenvalue weighted by molar-refractivity contribution is 5.87. The predicted molar refractivity (Wildman–Crippen MR) is 129 cm³/mol. The van der Waals surface area contributed by atoms with Crippen molar-refractivity contribution in [2.24, 2.45) is 20.8 Å². The van der Waals surface area contributed by atoms with Gasteiger partial charge in [-0.1, -0.05) is 36.5 Å². The molecule has 0 heterocycles. The molecule has 34 heavy (non-hydrogen) atoms. The number of unbranched alkanes of at least 4 members (excludes halogenated alkanes) is 4.